The van der Waals surface area contributed by atoms with Gasteiger partial charge in [-0.3, -0.25) is 4.79 Å². The molecule has 0 radical (unpaired) electrons. The smallest absolute Gasteiger partial charge is 0.253 e. The molecule has 1 aromatic carbocycles. The molecule has 1 rings (SSSR count). The topological polar surface area (TPSA) is 46.3 Å². The number of halogens is 1. The van der Waals surface area contributed by atoms with Crippen LogP contribution in [0.1, 0.15) is 41.8 Å². The van der Waals surface area contributed by atoms with Crippen molar-refractivity contribution in [2.24, 2.45) is 11.7 Å². The molecule has 0 aromatic heterocycles. The Bertz CT molecular complexity index is 446. The molecule has 0 aliphatic rings. The predicted octanol–water partition coefficient (Wildman–Crippen LogP) is 3.17. The van der Waals surface area contributed by atoms with E-state index in [1.807, 2.05) is 39.1 Å². The number of nitrogens with two attached hydrogens (primary N) is 1. The molecule has 0 spiro atoms. The van der Waals surface area contributed by atoms with E-state index >= 15 is 0 Å². The van der Waals surface area contributed by atoms with Gasteiger partial charge < -0.3 is 10.6 Å². The predicted molar refractivity (Wildman–Crippen MR) is 87.6 cm³/mol. The van der Waals surface area contributed by atoms with Gasteiger partial charge in [0.1, 0.15) is 0 Å². The third-order valence-electron chi connectivity index (χ3n) is 3.61. The van der Waals surface area contributed by atoms with Crippen molar-refractivity contribution in [1.82, 2.24) is 4.90 Å². The lowest BCUT2D eigenvalue weighted by Crippen LogP contribution is -2.34. The van der Waals surface area contributed by atoms with Gasteiger partial charge in [0.05, 0.1) is 0 Å². The van der Waals surface area contributed by atoms with Gasteiger partial charge in [-0.1, -0.05) is 31.5 Å². The maximum Gasteiger partial charge on any atom is 0.253 e. The molecule has 0 bridgehead atoms. The molecule has 1 unspecified atom stereocenters. The van der Waals surface area contributed by atoms with Gasteiger partial charge in [0.25, 0.3) is 5.91 Å². The standard InChI is InChI=1S/C16H26N2O.ClH/c1-11(2)15(17)8-9-18(5)16(19)14-7-6-12(3)10-13(14)4;/h6-7,10-11,15H,8-9,17H2,1-5H3;1H. The second-order valence-electron chi connectivity index (χ2n) is 5.74. The summed E-state index contributed by atoms with van der Waals surface area (Å²) in [6, 6.07) is 6.08. The molecule has 0 heterocycles. The fourth-order valence-corrected chi connectivity index (χ4v) is 2.04. The number of aryl methyl sites for hydroxylation is 2. The first-order chi connectivity index (χ1) is 8.82. The Labute approximate surface area is 128 Å². The second kappa shape index (κ2) is 8.28. The lowest BCUT2D eigenvalue weighted by atomic mass is 10.0. The minimum Gasteiger partial charge on any atom is -0.342 e. The van der Waals surface area contributed by atoms with Crippen LogP contribution in [0.5, 0.6) is 0 Å². The summed E-state index contributed by atoms with van der Waals surface area (Å²) < 4.78 is 0. The average molecular weight is 299 g/mol. The summed E-state index contributed by atoms with van der Waals surface area (Å²) in [6.45, 7) is 8.93. The van der Waals surface area contributed by atoms with Crippen LogP contribution in [0.3, 0.4) is 0 Å². The van der Waals surface area contributed by atoms with E-state index in [0.29, 0.717) is 12.5 Å². The molecule has 0 fully saturated rings. The number of rotatable bonds is 5. The molecule has 1 amide bonds. The summed E-state index contributed by atoms with van der Waals surface area (Å²) >= 11 is 0. The molecule has 1 aromatic rings. The summed E-state index contributed by atoms with van der Waals surface area (Å²) in [6.07, 6.45) is 0.838. The van der Waals surface area contributed by atoms with Crippen molar-refractivity contribution < 1.29 is 4.79 Å². The lowest BCUT2D eigenvalue weighted by molar-refractivity contribution is 0.0788. The third-order valence-corrected chi connectivity index (χ3v) is 3.61. The summed E-state index contributed by atoms with van der Waals surface area (Å²) in [5.41, 5.74) is 9.01. The van der Waals surface area contributed by atoms with Gasteiger partial charge in [0, 0.05) is 25.2 Å². The van der Waals surface area contributed by atoms with Crippen LogP contribution in [-0.4, -0.2) is 30.4 Å². The van der Waals surface area contributed by atoms with Gasteiger partial charge in [0.15, 0.2) is 0 Å². The number of nitrogens with zero attached hydrogens (tertiary/aromatic N) is 1. The number of hydrogen-bond acceptors (Lipinski definition) is 2. The lowest BCUT2D eigenvalue weighted by Gasteiger charge is -2.22. The number of hydrogen-bond donors (Lipinski definition) is 1. The van der Waals surface area contributed by atoms with E-state index < -0.39 is 0 Å². The summed E-state index contributed by atoms with van der Waals surface area (Å²) in [5, 5.41) is 0. The quantitative estimate of drug-likeness (QED) is 0.907. The molecule has 20 heavy (non-hydrogen) atoms. The van der Waals surface area contributed by atoms with Gasteiger partial charge in [-0.15, -0.1) is 12.4 Å². The van der Waals surface area contributed by atoms with E-state index in [1.165, 1.54) is 5.56 Å². The molecule has 0 saturated heterocycles. The first kappa shape index (κ1) is 18.9. The van der Waals surface area contributed by atoms with E-state index in [1.54, 1.807) is 4.90 Å². The SMILES string of the molecule is Cc1ccc(C(=O)N(C)CCC(N)C(C)C)c(C)c1.Cl. The molecule has 0 saturated carbocycles. The molecule has 3 nitrogen and oxygen atoms in total. The van der Waals surface area contributed by atoms with E-state index in [9.17, 15) is 4.79 Å². The number of benzene rings is 1. The largest absolute Gasteiger partial charge is 0.342 e. The Morgan fingerprint density at radius 2 is 1.90 bits per heavy atom. The zero-order chi connectivity index (χ0) is 14.6. The highest BCUT2D eigenvalue weighted by Gasteiger charge is 2.15. The van der Waals surface area contributed by atoms with Crippen molar-refractivity contribution >= 4 is 18.3 Å². The average Bonchev–Trinajstić information content (AvgIpc) is 2.34. The fourth-order valence-electron chi connectivity index (χ4n) is 2.04. The molecule has 4 heteroatoms. The Morgan fingerprint density at radius 1 is 1.30 bits per heavy atom. The Morgan fingerprint density at radius 3 is 2.40 bits per heavy atom. The fraction of sp³-hybridized carbons (Fsp3) is 0.562. The Balaban J connectivity index is 0.00000361. The molecule has 1 atom stereocenters. The molecule has 2 N–H and O–H groups in total. The highest BCUT2D eigenvalue weighted by Crippen LogP contribution is 2.13. The summed E-state index contributed by atoms with van der Waals surface area (Å²) in [5.74, 6) is 0.526. The van der Waals surface area contributed by atoms with Gasteiger partial charge in [-0.2, -0.15) is 0 Å². The van der Waals surface area contributed by atoms with Gasteiger partial charge in [-0.05, 0) is 37.8 Å². The van der Waals surface area contributed by atoms with Crippen LogP contribution in [-0.2, 0) is 0 Å². The minimum atomic E-state index is 0. The highest BCUT2D eigenvalue weighted by molar-refractivity contribution is 5.95. The zero-order valence-electron chi connectivity index (χ0n) is 13.1. The van der Waals surface area contributed by atoms with Crippen molar-refractivity contribution in [3.8, 4) is 0 Å². The first-order valence-corrected chi connectivity index (χ1v) is 6.91. The van der Waals surface area contributed by atoms with Gasteiger partial charge in [-0.25, -0.2) is 0 Å². The van der Waals surface area contributed by atoms with Crippen LogP contribution >= 0.6 is 12.4 Å². The maximum absolute atomic E-state index is 12.3. The normalized spacial score (nSPS) is 11.9. The van der Waals surface area contributed by atoms with E-state index in [2.05, 4.69) is 13.8 Å². The number of carbonyl (C=O) groups excluding carboxylic acids is 1. The van der Waals surface area contributed by atoms with Crippen molar-refractivity contribution in [3.05, 3.63) is 34.9 Å². The van der Waals surface area contributed by atoms with Crippen LogP contribution in [0.4, 0.5) is 0 Å². The molecule has 0 aliphatic carbocycles. The molecular weight excluding hydrogens is 272 g/mol. The van der Waals surface area contributed by atoms with E-state index in [4.69, 9.17) is 5.73 Å². The van der Waals surface area contributed by atoms with Crippen LogP contribution in [0, 0.1) is 19.8 Å². The van der Waals surface area contributed by atoms with Crippen molar-refractivity contribution in [2.75, 3.05) is 13.6 Å². The Hall–Kier alpha value is -1.06. The van der Waals surface area contributed by atoms with Crippen LogP contribution < -0.4 is 5.73 Å². The van der Waals surface area contributed by atoms with E-state index in [0.717, 1.165) is 17.5 Å². The highest BCUT2D eigenvalue weighted by atomic mass is 35.5. The minimum absolute atomic E-state index is 0. The summed E-state index contributed by atoms with van der Waals surface area (Å²) in [4.78, 5) is 14.1. The van der Waals surface area contributed by atoms with Crippen molar-refractivity contribution in [3.63, 3.8) is 0 Å². The van der Waals surface area contributed by atoms with Crippen molar-refractivity contribution in [2.45, 2.75) is 40.2 Å². The number of carbonyl (C=O) groups is 1. The number of amides is 1. The third kappa shape index (κ3) is 5.14. The molecule has 0 aliphatic heterocycles. The van der Waals surface area contributed by atoms with Crippen molar-refractivity contribution in [1.29, 1.82) is 0 Å². The molecule has 114 valence electrons. The monoisotopic (exact) mass is 298 g/mol. The Kier molecular flexibility index (Phi) is 7.84. The van der Waals surface area contributed by atoms with Crippen LogP contribution in [0.25, 0.3) is 0 Å². The first-order valence-electron chi connectivity index (χ1n) is 6.91. The second-order valence-corrected chi connectivity index (χ2v) is 5.74. The summed E-state index contributed by atoms with van der Waals surface area (Å²) in [7, 11) is 1.84. The zero-order valence-corrected chi connectivity index (χ0v) is 14.0. The van der Waals surface area contributed by atoms with Crippen LogP contribution in [0.2, 0.25) is 0 Å². The maximum atomic E-state index is 12.3. The molecular formula is C16H27ClN2O. The van der Waals surface area contributed by atoms with Crippen LogP contribution in [0.15, 0.2) is 18.2 Å². The van der Waals surface area contributed by atoms with E-state index in [-0.39, 0.29) is 24.4 Å². The van der Waals surface area contributed by atoms with Gasteiger partial charge >= 0.3 is 0 Å². The van der Waals surface area contributed by atoms with Gasteiger partial charge in [0.2, 0.25) is 0 Å².